The third-order valence-corrected chi connectivity index (χ3v) is 3.83. The first-order valence-electron chi connectivity index (χ1n) is 7.43. The van der Waals surface area contributed by atoms with Crippen molar-refractivity contribution in [2.24, 2.45) is 5.92 Å². The predicted octanol–water partition coefficient (Wildman–Crippen LogP) is 2.50. The number of aromatic nitrogens is 1. The molecule has 1 aromatic rings. The summed E-state index contributed by atoms with van der Waals surface area (Å²) in [6, 6.07) is 0.652. The van der Waals surface area contributed by atoms with Gasteiger partial charge in [0.1, 0.15) is 5.76 Å². The Balaban J connectivity index is 2.00. The topological polar surface area (TPSA) is 41.3 Å². The molecule has 1 fully saturated rings. The SMILES string of the molecule is Cc1noc(C)c1CN(CC(C)C)CC1CCCN1. The molecule has 108 valence electrons. The Hall–Kier alpha value is -0.870. The fourth-order valence-electron chi connectivity index (χ4n) is 2.90. The molecule has 2 rings (SSSR count). The molecule has 0 spiro atoms. The lowest BCUT2D eigenvalue weighted by Gasteiger charge is -2.27. The molecule has 1 saturated heterocycles. The minimum absolute atomic E-state index is 0.652. The van der Waals surface area contributed by atoms with Gasteiger partial charge in [-0.25, -0.2) is 0 Å². The molecule has 0 radical (unpaired) electrons. The first kappa shape index (κ1) is 14.5. The standard InChI is InChI=1S/C15H27N3O/c1-11(2)8-18(9-14-6-5-7-16-14)10-15-12(3)17-19-13(15)4/h11,14,16H,5-10H2,1-4H3. The second-order valence-electron chi connectivity index (χ2n) is 6.18. The summed E-state index contributed by atoms with van der Waals surface area (Å²) >= 11 is 0. The summed E-state index contributed by atoms with van der Waals surface area (Å²) in [4.78, 5) is 2.54. The van der Waals surface area contributed by atoms with Gasteiger partial charge in [-0.1, -0.05) is 19.0 Å². The van der Waals surface area contributed by atoms with E-state index in [0.717, 1.165) is 31.1 Å². The first-order valence-corrected chi connectivity index (χ1v) is 7.43. The van der Waals surface area contributed by atoms with Crippen LogP contribution in [-0.4, -0.2) is 35.7 Å². The molecule has 4 heteroatoms. The summed E-state index contributed by atoms with van der Waals surface area (Å²) in [5.74, 6) is 1.65. The van der Waals surface area contributed by atoms with E-state index in [4.69, 9.17) is 4.52 Å². The summed E-state index contributed by atoms with van der Waals surface area (Å²) in [6.07, 6.45) is 2.61. The van der Waals surface area contributed by atoms with Crippen molar-refractivity contribution in [2.75, 3.05) is 19.6 Å². The highest BCUT2D eigenvalue weighted by atomic mass is 16.5. The maximum atomic E-state index is 5.28. The Kier molecular flexibility index (Phi) is 4.99. The number of hydrogen-bond acceptors (Lipinski definition) is 4. The van der Waals surface area contributed by atoms with Crippen LogP contribution < -0.4 is 5.32 Å². The fraction of sp³-hybridized carbons (Fsp3) is 0.800. The van der Waals surface area contributed by atoms with Crippen molar-refractivity contribution in [2.45, 2.75) is 53.1 Å². The van der Waals surface area contributed by atoms with E-state index >= 15 is 0 Å². The van der Waals surface area contributed by atoms with Crippen LogP contribution >= 0.6 is 0 Å². The van der Waals surface area contributed by atoms with E-state index in [1.54, 1.807) is 0 Å². The molecule has 1 N–H and O–H groups in total. The average molecular weight is 265 g/mol. The summed E-state index contributed by atoms with van der Waals surface area (Å²) in [6.45, 7) is 13.0. The molecule has 1 aliphatic rings. The van der Waals surface area contributed by atoms with Crippen molar-refractivity contribution in [1.29, 1.82) is 0 Å². The Morgan fingerprint density at radius 2 is 2.21 bits per heavy atom. The van der Waals surface area contributed by atoms with Crippen LogP contribution in [0.25, 0.3) is 0 Å². The Labute approximate surface area is 116 Å². The van der Waals surface area contributed by atoms with E-state index in [1.807, 2.05) is 13.8 Å². The van der Waals surface area contributed by atoms with Gasteiger partial charge in [0, 0.05) is 31.2 Å². The molecule has 0 saturated carbocycles. The lowest BCUT2D eigenvalue weighted by atomic mass is 10.1. The fourth-order valence-corrected chi connectivity index (χ4v) is 2.90. The van der Waals surface area contributed by atoms with E-state index in [1.165, 1.54) is 24.9 Å². The Bertz CT molecular complexity index is 375. The van der Waals surface area contributed by atoms with Crippen LogP contribution in [0.1, 0.15) is 43.7 Å². The van der Waals surface area contributed by atoms with E-state index in [2.05, 4.69) is 29.2 Å². The number of rotatable bonds is 6. The second kappa shape index (κ2) is 6.53. The summed E-state index contributed by atoms with van der Waals surface area (Å²) in [5.41, 5.74) is 2.30. The molecular formula is C15H27N3O. The van der Waals surface area contributed by atoms with Gasteiger partial charge in [0.25, 0.3) is 0 Å². The molecule has 0 bridgehead atoms. The minimum Gasteiger partial charge on any atom is -0.361 e. The van der Waals surface area contributed by atoms with Crippen molar-refractivity contribution in [3.05, 3.63) is 17.0 Å². The average Bonchev–Trinajstić information content (AvgIpc) is 2.93. The zero-order valence-corrected chi connectivity index (χ0v) is 12.7. The summed E-state index contributed by atoms with van der Waals surface area (Å²) in [7, 11) is 0. The molecule has 0 aromatic carbocycles. The van der Waals surface area contributed by atoms with Gasteiger partial charge in [0.15, 0.2) is 0 Å². The highest BCUT2D eigenvalue weighted by Gasteiger charge is 2.20. The molecular weight excluding hydrogens is 238 g/mol. The predicted molar refractivity (Wildman–Crippen MR) is 77.1 cm³/mol. The number of nitrogens with one attached hydrogen (secondary N) is 1. The highest BCUT2D eigenvalue weighted by molar-refractivity contribution is 5.20. The van der Waals surface area contributed by atoms with Crippen LogP contribution in [0.2, 0.25) is 0 Å². The summed E-state index contributed by atoms with van der Waals surface area (Å²) in [5, 5.41) is 7.65. The van der Waals surface area contributed by atoms with Crippen LogP contribution in [0.5, 0.6) is 0 Å². The van der Waals surface area contributed by atoms with Crippen LogP contribution in [0.3, 0.4) is 0 Å². The van der Waals surface area contributed by atoms with Crippen LogP contribution in [0.15, 0.2) is 4.52 Å². The van der Waals surface area contributed by atoms with Gasteiger partial charge in [0.2, 0.25) is 0 Å². The molecule has 1 aromatic heterocycles. The van der Waals surface area contributed by atoms with Crippen LogP contribution in [0, 0.1) is 19.8 Å². The molecule has 2 heterocycles. The highest BCUT2D eigenvalue weighted by Crippen LogP contribution is 2.17. The largest absolute Gasteiger partial charge is 0.361 e. The third kappa shape index (κ3) is 4.05. The van der Waals surface area contributed by atoms with E-state index in [9.17, 15) is 0 Å². The first-order chi connectivity index (χ1) is 9.06. The number of hydrogen-bond donors (Lipinski definition) is 1. The maximum absolute atomic E-state index is 5.28. The van der Waals surface area contributed by atoms with Gasteiger partial charge >= 0.3 is 0 Å². The van der Waals surface area contributed by atoms with E-state index in [0.29, 0.717) is 12.0 Å². The van der Waals surface area contributed by atoms with Crippen molar-refractivity contribution in [3.63, 3.8) is 0 Å². The summed E-state index contributed by atoms with van der Waals surface area (Å²) < 4.78 is 5.28. The van der Waals surface area contributed by atoms with E-state index in [-0.39, 0.29) is 0 Å². The number of nitrogens with zero attached hydrogens (tertiary/aromatic N) is 2. The van der Waals surface area contributed by atoms with Crippen LogP contribution in [-0.2, 0) is 6.54 Å². The molecule has 0 amide bonds. The minimum atomic E-state index is 0.652. The number of aryl methyl sites for hydroxylation is 2. The van der Waals surface area contributed by atoms with Crippen LogP contribution in [0.4, 0.5) is 0 Å². The smallest absolute Gasteiger partial charge is 0.138 e. The Morgan fingerprint density at radius 1 is 1.42 bits per heavy atom. The van der Waals surface area contributed by atoms with Gasteiger partial charge in [-0.2, -0.15) is 0 Å². The zero-order chi connectivity index (χ0) is 13.8. The molecule has 1 unspecified atom stereocenters. The lowest BCUT2D eigenvalue weighted by Crippen LogP contribution is -2.39. The van der Waals surface area contributed by atoms with Gasteiger partial charge in [-0.3, -0.25) is 4.90 Å². The van der Waals surface area contributed by atoms with Gasteiger partial charge in [-0.15, -0.1) is 0 Å². The molecule has 4 nitrogen and oxygen atoms in total. The van der Waals surface area contributed by atoms with Crippen molar-refractivity contribution in [3.8, 4) is 0 Å². The quantitative estimate of drug-likeness (QED) is 0.858. The normalized spacial score (nSPS) is 19.8. The van der Waals surface area contributed by atoms with E-state index < -0.39 is 0 Å². The molecule has 1 aliphatic heterocycles. The van der Waals surface area contributed by atoms with Gasteiger partial charge in [-0.05, 0) is 39.2 Å². The second-order valence-corrected chi connectivity index (χ2v) is 6.18. The lowest BCUT2D eigenvalue weighted by molar-refractivity contribution is 0.214. The maximum Gasteiger partial charge on any atom is 0.138 e. The van der Waals surface area contributed by atoms with Crippen molar-refractivity contribution >= 4 is 0 Å². The van der Waals surface area contributed by atoms with Gasteiger partial charge < -0.3 is 9.84 Å². The van der Waals surface area contributed by atoms with Gasteiger partial charge in [0.05, 0.1) is 5.69 Å². The van der Waals surface area contributed by atoms with Crippen molar-refractivity contribution in [1.82, 2.24) is 15.4 Å². The molecule has 1 atom stereocenters. The third-order valence-electron chi connectivity index (χ3n) is 3.83. The molecule has 19 heavy (non-hydrogen) atoms. The Morgan fingerprint density at radius 3 is 2.74 bits per heavy atom. The zero-order valence-electron chi connectivity index (χ0n) is 12.7. The molecule has 0 aliphatic carbocycles. The van der Waals surface area contributed by atoms with Crippen molar-refractivity contribution < 1.29 is 4.52 Å². The monoisotopic (exact) mass is 265 g/mol.